The molecule has 4 aliphatic rings. The van der Waals surface area contributed by atoms with Crippen molar-refractivity contribution in [3.63, 3.8) is 0 Å². The van der Waals surface area contributed by atoms with Crippen molar-refractivity contribution in [3.05, 3.63) is 102 Å². The van der Waals surface area contributed by atoms with E-state index in [9.17, 15) is 0 Å². The van der Waals surface area contributed by atoms with Crippen molar-refractivity contribution in [3.8, 4) is 0 Å². The molecule has 0 radical (unpaired) electrons. The second kappa shape index (κ2) is 14.4. The summed E-state index contributed by atoms with van der Waals surface area (Å²) in [6.07, 6.45) is -5.65. The summed E-state index contributed by atoms with van der Waals surface area (Å²) in [5.41, 5.74) is 2.96. The maximum absolute atomic E-state index is 6.86. The van der Waals surface area contributed by atoms with Crippen LogP contribution in [-0.4, -0.2) is 88.0 Å². The SMILES string of the molecule is CO[C@@H]1O[C@@H](C)[C@H](O[C@H]2O[C@@H]3COB(c4ccccc4)O[C@@H]3[C@H](OCc3ccccc3)[C@H]2OCc2ccccc2)[C@H]2OC(C)(C)O[C@@H]12. The third-order valence-corrected chi connectivity index (χ3v) is 9.02. The largest absolute Gasteiger partial charge is 0.494 e. The van der Waals surface area contributed by atoms with Gasteiger partial charge in [0.2, 0.25) is 0 Å². The first kappa shape index (κ1) is 32.9. The summed E-state index contributed by atoms with van der Waals surface area (Å²) < 4.78 is 64.4. The van der Waals surface area contributed by atoms with Crippen LogP contribution >= 0.6 is 0 Å². The van der Waals surface area contributed by atoms with Crippen molar-refractivity contribution in [2.75, 3.05) is 13.7 Å². The van der Waals surface area contributed by atoms with Gasteiger partial charge in [0.25, 0.3) is 0 Å². The molecule has 7 rings (SSSR count). The Hall–Kier alpha value is -2.68. The maximum atomic E-state index is 6.86. The highest BCUT2D eigenvalue weighted by molar-refractivity contribution is 6.61. The van der Waals surface area contributed by atoms with Gasteiger partial charge >= 0.3 is 7.12 Å². The van der Waals surface area contributed by atoms with E-state index in [0.29, 0.717) is 13.2 Å². The van der Waals surface area contributed by atoms with E-state index in [1.54, 1.807) is 7.11 Å². The number of ether oxygens (including phenoxy) is 8. The number of rotatable bonds is 10. The first-order chi connectivity index (χ1) is 22.9. The molecule has 10 nitrogen and oxygen atoms in total. The number of fused-ring (bicyclic) bond motifs is 2. The van der Waals surface area contributed by atoms with Crippen LogP contribution in [0.3, 0.4) is 0 Å². The number of benzene rings is 3. The molecule has 10 atom stereocenters. The fourth-order valence-corrected chi connectivity index (χ4v) is 6.78. The van der Waals surface area contributed by atoms with Crippen LogP contribution in [0.2, 0.25) is 0 Å². The Kier molecular flexibility index (Phi) is 10.1. The van der Waals surface area contributed by atoms with E-state index in [2.05, 4.69) is 0 Å². The van der Waals surface area contributed by atoms with Crippen molar-refractivity contribution < 1.29 is 47.2 Å². The van der Waals surface area contributed by atoms with Crippen LogP contribution in [0.15, 0.2) is 91.0 Å². The van der Waals surface area contributed by atoms with Crippen LogP contribution in [0.25, 0.3) is 0 Å². The van der Waals surface area contributed by atoms with E-state index in [0.717, 1.165) is 16.6 Å². The molecular formula is C36H43BO10. The van der Waals surface area contributed by atoms with E-state index in [1.807, 2.05) is 112 Å². The van der Waals surface area contributed by atoms with E-state index >= 15 is 0 Å². The highest BCUT2D eigenvalue weighted by Crippen LogP contribution is 2.41. The monoisotopic (exact) mass is 646 g/mol. The molecule has 11 heteroatoms. The van der Waals surface area contributed by atoms with Gasteiger partial charge in [0.05, 0.1) is 25.9 Å². The van der Waals surface area contributed by atoms with Gasteiger partial charge in [-0.1, -0.05) is 91.0 Å². The lowest BCUT2D eigenvalue weighted by Crippen LogP contribution is -2.68. The molecule has 3 aromatic carbocycles. The first-order valence-corrected chi connectivity index (χ1v) is 16.4. The summed E-state index contributed by atoms with van der Waals surface area (Å²) >= 11 is 0. The van der Waals surface area contributed by atoms with Gasteiger partial charge in [-0.05, 0) is 37.4 Å². The molecule has 0 spiro atoms. The molecule has 4 heterocycles. The van der Waals surface area contributed by atoms with Crippen LogP contribution in [0.5, 0.6) is 0 Å². The van der Waals surface area contributed by atoms with Crippen molar-refractivity contribution in [2.24, 2.45) is 0 Å². The second-order valence-corrected chi connectivity index (χ2v) is 12.9. The Morgan fingerprint density at radius 1 is 0.702 bits per heavy atom. The third-order valence-electron chi connectivity index (χ3n) is 9.02. The standard InChI is InChI=1S/C36H43BO10/c1-23-28(31-33(34(38-4)42-23)46-36(2,3)45-31)44-35-32(40-21-25-16-10-6-11-17-25)30(39-20-24-14-8-5-9-15-24)29-27(43-35)22-41-37(47-29)26-18-12-7-13-19-26/h5-19,23,27-35H,20-22H2,1-4H3/t23-,27+,28-,29-,30-,31+,32+,33+,34+,35+/m0/s1. The summed E-state index contributed by atoms with van der Waals surface area (Å²) in [4.78, 5) is 0. The quantitative estimate of drug-likeness (QED) is 0.301. The predicted octanol–water partition coefficient (Wildman–Crippen LogP) is 3.99. The van der Waals surface area contributed by atoms with Gasteiger partial charge < -0.3 is 47.2 Å². The van der Waals surface area contributed by atoms with Crippen molar-refractivity contribution in [1.82, 2.24) is 0 Å². The molecule has 4 aliphatic heterocycles. The lowest BCUT2D eigenvalue weighted by atomic mass is 9.76. The summed E-state index contributed by atoms with van der Waals surface area (Å²) in [5.74, 6) is -0.846. The molecule has 0 saturated carbocycles. The average Bonchev–Trinajstić information content (AvgIpc) is 3.43. The Morgan fingerprint density at radius 3 is 1.94 bits per heavy atom. The molecule has 47 heavy (non-hydrogen) atoms. The second-order valence-electron chi connectivity index (χ2n) is 12.9. The smallest absolute Gasteiger partial charge is 0.404 e. The molecule has 4 fully saturated rings. The summed E-state index contributed by atoms with van der Waals surface area (Å²) in [6, 6.07) is 29.9. The molecule has 0 bridgehead atoms. The van der Waals surface area contributed by atoms with Crippen LogP contribution in [0.4, 0.5) is 0 Å². The highest BCUT2D eigenvalue weighted by atomic mass is 16.8. The molecule has 0 aromatic heterocycles. The zero-order valence-electron chi connectivity index (χ0n) is 27.2. The van der Waals surface area contributed by atoms with Gasteiger partial charge in [0.1, 0.15) is 42.7 Å². The predicted molar refractivity (Wildman–Crippen MR) is 171 cm³/mol. The normalized spacial score (nSPS) is 34.9. The lowest BCUT2D eigenvalue weighted by molar-refractivity contribution is -0.356. The van der Waals surface area contributed by atoms with Crippen molar-refractivity contribution in [1.29, 1.82) is 0 Å². The fraction of sp³-hybridized carbons (Fsp3) is 0.500. The van der Waals surface area contributed by atoms with Gasteiger partial charge in [-0.3, -0.25) is 0 Å². The van der Waals surface area contributed by atoms with Gasteiger partial charge in [-0.2, -0.15) is 0 Å². The summed E-state index contributed by atoms with van der Waals surface area (Å²) in [5, 5.41) is 0. The molecule has 250 valence electrons. The number of methoxy groups -OCH3 is 1. The first-order valence-electron chi connectivity index (χ1n) is 16.4. The number of hydrogen-bond donors (Lipinski definition) is 0. The topological polar surface area (TPSA) is 92.3 Å². The molecule has 4 saturated heterocycles. The fourth-order valence-electron chi connectivity index (χ4n) is 6.78. The molecule has 0 unspecified atom stereocenters. The third kappa shape index (κ3) is 7.35. The van der Waals surface area contributed by atoms with E-state index in [4.69, 9.17) is 47.2 Å². The Balaban J connectivity index is 1.20. The minimum absolute atomic E-state index is 0.280. The summed E-state index contributed by atoms with van der Waals surface area (Å²) in [7, 11) is 1.02. The van der Waals surface area contributed by atoms with Crippen molar-refractivity contribution >= 4 is 12.6 Å². The number of hydrogen-bond acceptors (Lipinski definition) is 10. The van der Waals surface area contributed by atoms with Crippen LogP contribution in [0.1, 0.15) is 31.9 Å². The minimum atomic E-state index is -0.871. The maximum Gasteiger partial charge on any atom is 0.494 e. The van der Waals surface area contributed by atoms with Crippen LogP contribution < -0.4 is 5.46 Å². The highest BCUT2D eigenvalue weighted by Gasteiger charge is 2.58. The Labute approximate surface area is 276 Å². The van der Waals surface area contributed by atoms with Gasteiger partial charge in [0.15, 0.2) is 18.4 Å². The summed E-state index contributed by atoms with van der Waals surface area (Å²) in [6.45, 7) is 6.63. The van der Waals surface area contributed by atoms with Gasteiger partial charge in [-0.15, -0.1) is 0 Å². The van der Waals surface area contributed by atoms with E-state index < -0.39 is 74.3 Å². The zero-order chi connectivity index (χ0) is 32.4. The molecule has 0 aliphatic carbocycles. The Bertz CT molecular complexity index is 1420. The van der Waals surface area contributed by atoms with Crippen LogP contribution in [-0.2, 0) is 60.4 Å². The van der Waals surface area contributed by atoms with E-state index in [1.165, 1.54) is 0 Å². The average molecular weight is 647 g/mol. The zero-order valence-corrected chi connectivity index (χ0v) is 27.2. The van der Waals surface area contributed by atoms with Crippen LogP contribution in [0, 0.1) is 0 Å². The molecule has 3 aromatic rings. The van der Waals surface area contributed by atoms with Gasteiger partial charge in [-0.25, -0.2) is 0 Å². The molecule has 0 amide bonds. The minimum Gasteiger partial charge on any atom is -0.404 e. The lowest BCUT2D eigenvalue weighted by Gasteiger charge is -2.50. The molecule has 0 N–H and O–H groups in total. The van der Waals surface area contributed by atoms with E-state index in [-0.39, 0.29) is 6.61 Å². The molecular weight excluding hydrogens is 603 g/mol. The Morgan fingerprint density at radius 2 is 1.30 bits per heavy atom. The van der Waals surface area contributed by atoms with Gasteiger partial charge in [0, 0.05) is 7.11 Å². The van der Waals surface area contributed by atoms with Crippen molar-refractivity contribution in [2.45, 2.75) is 101 Å².